The Morgan fingerprint density at radius 3 is 2.42 bits per heavy atom. The maximum atomic E-state index is 12.9. The first kappa shape index (κ1) is 23.3. The molecule has 1 aromatic carbocycles. The molecule has 3 rings (SSSR count). The molecule has 0 bridgehead atoms. The molecule has 0 saturated carbocycles. The summed E-state index contributed by atoms with van der Waals surface area (Å²) >= 11 is 1.37. The Kier molecular flexibility index (Phi) is 6.80. The van der Waals surface area contributed by atoms with Crippen LogP contribution in [0.3, 0.4) is 0 Å². The van der Waals surface area contributed by atoms with E-state index in [2.05, 4.69) is 0 Å². The van der Waals surface area contributed by atoms with Gasteiger partial charge in [-0.05, 0) is 41.0 Å². The van der Waals surface area contributed by atoms with Crippen LogP contribution in [-0.4, -0.2) is 49.1 Å². The first-order chi connectivity index (χ1) is 14.5. The number of benzene rings is 1. The first-order valence-corrected chi connectivity index (χ1v) is 12.2. The third-order valence-electron chi connectivity index (χ3n) is 5.15. The molecule has 2 heterocycles. The van der Waals surface area contributed by atoms with Crippen LogP contribution >= 0.6 is 11.3 Å². The molecule has 7 nitrogen and oxygen atoms in total. The van der Waals surface area contributed by atoms with Crippen molar-refractivity contribution in [2.24, 2.45) is 5.84 Å². The van der Waals surface area contributed by atoms with E-state index in [9.17, 15) is 18.0 Å². The average molecular weight is 462 g/mol. The van der Waals surface area contributed by atoms with Crippen LogP contribution in [0.1, 0.15) is 42.4 Å². The van der Waals surface area contributed by atoms with E-state index in [1.54, 1.807) is 24.3 Å². The number of hydrogen-bond donors (Lipinski definition) is 1. The highest BCUT2D eigenvalue weighted by Gasteiger charge is 2.31. The minimum Gasteiger partial charge on any atom is -0.292 e. The summed E-state index contributed by atoms with van der Waals surface area (Å²) in [7, 11) is -4.19. The van der Waals surface area contributed by atoms with Crippen LogP contribution < -0.4 is 5.84 Å². The highest BCUT2D eigenvalue weighted by molar-refractivity contribution is 7.89. The van der Waals surface area contributed by atoms with Gasteiger partial charge in [0.05, 0.1) is 16.3 Å². The molecule has 2 N–H and O–H groups in total. The van der Waals surface area contributed by atoms with Gasteiger partial charge in [-0.15, -0.1) is 11.3 Å². The van der Waals surface area contributed by atoms with Gasteiger partial charge in [0, 0.05) is 18.7 Å². The third-order valence-corrected chi connectivity index (χ3v) is 7.61. The predicted octanol–water partition coefficient (Wildman–Crippen LogP) is 2.95. The lowest BCUT2D eigenvalue weighted by Crippen LogP contribution is -2.46. The fourth-order valence-corrected chi connectivity index (χ4v) is 5.00. The summed E-state index contributed by atoms with van der Waals surface area (Å²) in [5.74, 6) is 4.96. The fourth-order valence-electron chi connectivity index (χ4n) is 3.31. The van der Waals surface area contributed by atoms with Gasteiger partial charge in [-0.1, -0.05) is 45.0 Å². The van der Waals surface area contributed by atoms with Crippen LogP contribution in [0, 0.1) is 0 Å². The molecule has 1 aliphatic heterocycles. The van der Waals surface area contributed by atoms with Gasteiger partial charge >= 0.3 is 0 Å². The summed E-state index contributed by atoms with van der Waals surface area (Å²) in [6.45, 7) is 7.03. The van der Waals surface area contributed by atoms with Crippen molar-refractivity contribution >= 4 is 33.1 Å². The Morgan fingerprint density at radius 2 is 1.84 bits per heavy atom. The van der Waals surface area contributed by atoms with Crippen LogP contribution in [0.15, 0.2) is 58.3 Å². The molecule has 1 amide bonds. The molecule has 0 atom stereocenters. The topological polar surface area (TPSA) is 101 Å². The zero-order valence-electron chi connectivity index (χ0n) is 17.9. The second kappa shape index (κ2) is 9.04. The first-order valence-electron chi connectivity index (χ1n) is 9.93. The van der Waals surface area contributed by atoms with Gasteiger partial charge in [0.15, 0.2) is 5.78 Å². The lowest BCUT2D eigenvalue weighted by molar-refractivity contribution is -0.123. The van der Waals surface area contributed by atoms with E-state index in [-0.39, 0.29) is 34.8 Å². The van der Waals surface area contributed by atoms with Crippen molar-refractivity contribution in [3.63, 3.8) is 0 Å². The molecular formula is C22H27N3O4S2. The van der Waals surface area contributed by atoms with E-state index >= 15 is 0 Å². The van der Waals surface area contributed by atoms with Crippen molar-refractivity contribution in [1.29, 1.82) is 0 Å². The number of sulfonamides is 1. The lowest BCUT2D eigenvalue weighted by Gasteiger charge is -2.27. The van der Waals surface area contributed by atoms with E-state index in [0.717, 1.165) is 5.56 Å². The smallest absolute Gasteiger partial charge is 0.280 e. The molecule has 31 heavy (non-hydrogen) atoms. The lowest BCUT2D eigenvalue weighted by atomic mass is 9.87. The largest absolute Gasteiger partial charge is 0.292 e. The summed E-state index contributed by atoms with van der Waals surface area (Å²) in [6.07, 6.45) is 2.22. The number of hydrogen-bond acceptors (Lipinski definition) is 7. The molecule has 0 radical (unpaired) electrons. The molecule has 1 aliphatic rings. The number of carbonyl (C=O) groups excluding carboxylic acids is 2. The molecule has 0 spiro atoms. The van der Waals surface area contributed by atoms with Crippen molar-refractivity contribution in [3.05, 3.63) is 63.9 Å². The van der Waals surface area contributed by atoms with Gasteiger partial charge in [-0.3, -0.25) is 14.5 Å². The summed E-state index contributed by atoms with van der Waals surface area (Å²) in [4.78, 5) is 27.6. The van der Waals surface area contributed by atoms with Crippen LogP contribution in [0.25, 0.3) is 0 Å². The second-order valence-electron chi connectivity index (χ2n) is 8.51. The van der Waals surface area contributed by atoms with Crippen molar-refractivity contribution < 1.29 is 18.0 Å². The van der Waals surface area contributed by atoms with Crippen LogP contribution in [0.2, 0.25) is 0 Å². The van der Waals surface area contributed by atoms with E-state index < -0.39 is 15.9 Å². The van der Waals surface area contributed by atoms with Crippen LogP contribution in [0.5, 0.6) is 0 Å². The number of hydrazine groups is 1. The molecule has 1 aromatic heterocycles. The van der Waals surface area contributed by atoms with Crippen molar-refractivity contribution in [2.75, 3.05) is 19.6 Å². The number of ketones is 1. The summed E-state index contributed by atoms with van der Waals surface area (Å²) in [6, 6.07) is 9.95. The van der Waals surface area contributed by atoms with Gasteiger partial charge < -0.3 is 0 Å². The number of carbonyl (C=O) groups is 2. The van der Waals surface area contributed by atoms with Gasteiger partial charge in [0.2, 0.25) is 0 Å². The number of thiophene rings is 1. The van der Waals surface area contributed by atoms with E-state index in [1.165, 1.54) is 23.5 Å². The molecule has 9 heteroatoms. The Balaban J connectivity index is 1.71. The van der Waals surface area contributed by atoms with E-state index in [0.29, 0.717) is 22.3 Å². The number of rotatable bonds is 6. The van der Waals surface area contributed by atoms with Gasteiger partial charge in [-0.25, -0.2) is 5.84 Å². The number of nitrogens with zero attached hydrogens (tertiary/aromatic N) is 2. The minimum atomic E-state index is -4.19. The Hall–Kier alpha value is -2.33. The number of Topliss-reactive ketones (excluding diaryl/α,β-unsaturated/α-hetero) is 1. The van der Waals surface area contributed by atoms with E-state index in [4.69, 9.17) is 5.84 Å². The third kappa shape index (κ3) is 5.30. The van der Waals surface area contributed by atoms with Crippen molar-refractivity contribution in [2.45, 2.75) is 37.5 Å². The van der Waals surface area contributed by atoms with Crippen molar-refractivity contribution in [3.8, 4) is 0 Å². The Morgan fingerprint density at radius 1 is 1.16 bits per heavy atom. The van der Waals surface area contributed by atoms with Gasteiger partial charge in [0.25, 0.3) is 15.9 Å². The zero-order chi connectivity index (χ0) is 22.8. The molecular weight excluding hydrogens is 434 g/mol. The van der Waals surface area contributed by atoms with Crippen LogP contribution in [-0.2, 0) is 20.2 Å². The molecule has 2 aromatic rings. The maximum absolute atomic E-state index is 12.9. The molecule has 0 saturated heterocycles. The normalized spacial score (nSPS) is 15.4. The fraction of sp³-hybridized carbons (Fsp3) is 0.364. The van der Waals surface area contributed by atoms with Gasteiger partial charge in [-0.2, -0.15) is 12.8 Å². The standard InChI is InChI=1S/C22H27N3O4S2/c1-22(2,3)17-8-10-18(11-9-17)31(28,29)25(23)21(27)16-6-4-12-24(14-16)15-19(26)20-7-5-13-30-20/h5-11,13H,4,12,14-15,23H2,1-3H3. The molecule has 166 valence electrons. The van der Waals surface area contributed by atoms with Crippen LogP contribution in [0.4, 0.5) is 0 Å². The Bertz CT molecular complexity index is 1080. The molecule has 0 aliphatic carbocycles. The summed E-state index contributed by atoms with van der Waals surface area (Å²) in [5, 5.41) is 1.84. The SMILES string of the molecule is CC(C)(C)c1ccc(S(=O)(=O)N(N)C(=O)C2=CCCN(CC(=O)c3cccs3)C2)cc1. The number of amides is 1. The predicted molar refractivity (Wildman–Crippen MR) is 121 cm³/mol. The van der Waals surface area contributed by atoms with Gasteiger partial charge in [0.1, 0.15) is 0 Å². The quantitative estimate of drug-likeness (QED) is 0.307. The Labute approximate surface area is 187 Å². The zero-order valence-corrected chi connectivity index (χ0v) is 19.5. The highest BCUT2D eigenvalue weighted by atomic mass is 32.2. The van der Waals surface area contributed by atoms with E-state index in [1.807, 2.05) is 37.1 Å². The summed E-state index contributed by atoms with van der Waals surface area (Å²) in [5.41, 5.74) is 1.11. The highest BCUT2D eigenvalue weighted by Crippen LogP contribution is 2.25. The van der Waals surface area contributed by atoms with Crippen molar-refractivity contribution in [1.82, 2.24) is 9.31 Å². The molecule has 0 fully saturated rings. The second-order valence-corrected chi connectivity index (χ2v) is 11.3. The number of nitrogens with two attached hydrogens (primary N) is 1. The monoisotopic (exact) mass is 461 g/mol. The average Bonchev–Trinajstić information content (AvgIpc) is 3.27. The minimum absolute atomic E-state index is 0.0279. The molecule has 0 unspecified atom stereocenters. The summed E-state index contributed by atoms with van der Waals surface area (Å²) < 4.78 is 26.1. The maximum Gasteiger partial charge on any atom is 0.280 e.